The molecule has 1 saturated carbocycles. The third-order valence-corrected chi connectivity index (χ3v) is 6.39. The lowest BCUT2D eigenvalue weighted by atomic mass is 10.1. The predicted molar refractivity (Wildman–Crippen MR) is 116 cm³/mol. The molecular formula is C24H26N2O2S. The van der Waals surface area contributed by atoms with Crippen LogP contribution in [0.15, 0.2) is 60.0 Å². The van der Waals surface area contributed by atoms with Crippen molar-refractivity contribution in [3.8, 4) is 5.75 Å². The van der Waals surface area contributed by atoms with Gasteiger partial charge in [0.25, 0.3) is 5.91 Å². The van der Waals surface area contributed by atoms with Crippen LogP contribution in [-0.2, 0) is 13.0 Å². The highest BCUT2D eigenvalue weighted by molar-refractivity contribution is 7.09. The Kier molecular flexibility index (Phi) is 5.95. The number of rotatable bonds is 8. The van der Waals surface area contributed by atoms with Gasteiger partial charge in [0.15, 0.2) is 0 Å². The minimum Gasteiger partial charge on any atom is -0.497 e. The molecule has 0 saturated heterocycles. The fourth-order valence-electron chi connectivity index (χ4n) is 3.57. The second-order valence-electron chi connectivity index (χ2n) is 7.65. The number of methoxy groups -OCH3 is 1. The molecule has 4 rings (SSSR count). The van der Waals surface area contributed by atoms with Crippen LogP contribution in [0.25, 0.3) is 0 Å². The smallest absolute Gasteiger partial charge is 0.273 e. The number of nitrogens with zero attached hydrogens (tertiary/aromatic N) is 2. The number of amides is 1. The maximum atomic E-state index is 13.4. The lowest BCUT2D eigenvalue weighted by Gasteiger charge is -2.29. The molecule has 29 heavy (non-hydrogen) atoms. The summed E-state index contributed by atoms with van der Waals surface area (Å²) in [5.41, 5.74) is 2.87. The summed E-state index contributed by atoms with van der Waals surface area (Å²) < 4.78 is 5.25. The molecule has 5 heteroatoms. The van der Waals surface area contributed by atoms with Crippen LogP contribution in [0.3, 0.4) is 0 Å². The Balaban J connectivity index is 1.51. The summed E-state index contributed by atoms with van der Waals surface area (Å²) in [7, 11) is 1.66. The minimum atomic E-state index is 0.0239. The number of thiazole rings is 1. The first-order valence-electron chi connectivity index (χ1n) is 10.1. The highest BCUT2D eigenvalue weighted by atomic mass is 32.1. The average Bonchev–Trinajstić information content (AvgIpc) is 3.51. The van der Waals surface area contributed by atoms with Gasteiger partial charge in [-0.3, -0.25) is 4.79 Å². The second kappa shape index (κ2) is 8.78. The van der Waals surface area contributed by atoms with Gasteiger partial charge in [-0.05, 0) is 48.9 Å². The average molecular weight is 407 g/mol. The molecule has 0 radical (unpaired) electrons. The van der Waals surface area contributed by atoms with Crippen LogP contribution < -0.4 is 4.74 Å². The first-order valence-corrected chi connectivity index (χ1v) is 10.9. The van der Waals surface area contributed by atoms with E-state index in [-0.39, 0.29) is 11.9 Å². The number of aromatic nitrogens is 1. The Hall–Kier alpha value is -2.66. The van der Waals surface area contributed by atoms with Gasteiger partial charge in [-0.2, -0.15) is 0 Å². The van der Waals surface area contributed by atoms with Gasteiger partial charge < -0.3 is 9.64 Å². The highest BCUT2D eigenvalue weighted by Crippen LogP contribution is 2.36. The van der Waals surface area contributed by atoms with E-state index in [1.165, 1.54) is 18.4 Å². The Labute approximate surface area is 176 Å². The molecule has 2 aromatic carbocycles. The van der Waals surface area contributed by atoms with Crippen LogP contribution >= 0.6 is 11.3 Å². The van der Waals surface area contributed by atoms with E-state index in [9.17, 15) is 4.79 Å². The molecule has 0 spiro atoms. The summed E-state index contributed by atoms with van der Waals surface area (Å²) in [5, 5.41) is 2.88. The maximum absolute atomic E-state index is 13.4. The van der Waals surface area contributed by atoms with Crippen molar-refractivity contribution in [3.05, 3.63) is 81.8 Å². The largest absolute Gasteiger partial charge is 0.497 e. The Bertz CT molecular complexity index is 949. The molecule has 1 amide bonds. The first-order chi connectivity index (χ1) is 14.1. The monoisotopic (exact) mass is 406 g/mol. The molecule has 0 bridgehead atoms. The molecule has 1 heterocycles. The molecule has 1 aliphatic carbocycles. The van der Waals surface area contributed by atoms with Crippen LogP contribution in [-0.4, -0.2) is 28.9 Å². The Morgan fingerprint density at radius 3 is 2.52 bits per heavy atom. The van der Waals surface area contributed by atoms with Gasteiger partial charge in [0.05, 0.1) is 12.1 Å². The number of ether oxygens (including phenoxy) is 1. The van der Waals surface area contributed by atoms with E-state index in [2.05, 4.69) is 24.0 Å². The van der Waals surface area contributed by atoms with Gasteiger partial charge in [0.2, 0.25) is 0 Å². The number of hydrogen-bond donors (Lipinski definition) is 0. The molecule has 0 aliphatic heterocycles. The minimum absolute atomic E-state index is 0.0239. The van der Waals surface area contributed by atoms with Gasteiger partial charge in [0, 0.05) is 24.4 Å². The fraction of sp³-hybridized carbons (Fsp3) is 0.333. The standard InChI is InChI=1S/C24H26N2O2S/c1-17(20-10-11-20)26(15-19-8-12-21(28-2)13-9-19)24(27)22-16-29-23(25-22)14-18-6-4-3-5-7-18/h3-9,12-13,16-17,20H,10-11,14-15H2,1-2H3. The van der Waals surface area contributed by atoms with Crippen LogP contribution in [0.4, 0.5) is 0 Å². The quantitative estimate of drug-likeness (QED) is 0.517. The van der Waals surface area contributed by atoms with Gasteiger partial charge >= 0.3 is 0 Å². The molecule has 1 aliphatic rings. The van der Waals surface area contributed by atoms with E-state index in [1.54, 1.807) is 18.4 Å². The van der Waals surface area contributed by atoms with Crippen molar-refractivity contribution < 1.29 is 9.53 Å². The zero-order valence-electron chi connectivity index (χ0n) is 16.9. The molecule has 1 fully saturated rings. The van der Waals surface area contributed by atoms with Crippen molar-refractivity contribution in [3.63, 3.8) is 0 Å². The zero-order valence-corrected chi connectivity index (χ0v) is 17.7. The van der Waals surface area contributed by atoms with Crippen molar-refractivity contribution in [2.45, 2.75) is 38.8 Å². The van der Waals surface area contributed by atoms with E-state index in [0.717, 1.165) is 22.7 Å². The van der Waals surface area contributed by atoms with E-state index < -0.39 is 0 Å². The third-order valence-electron chi connectivity index (χ3n) is 5.54. The third kappa shape index (κ3) is 4.85. The predicted octanol–water partition coefficient (Wildman–Crippen LogP) is 5.18. The lowest BCUT2D eigenvalue weighted by molar-refractivity contribution is 0.0649. The van der Waals surface area contributed by atoms with E-state index >= 15 is 0 Å². The maximum Gasteiger partial charge on any atom is 0.273 e. The van der Waals surface area contributed by atoms with Crippen LogP contribution in [0.1, 0.15) is 46.4 Å². The lowest BCUT2D eigenvalue weighted by Crippen LogP contribution is -2.39. The van der Waals surface area contributed by atoms with Crippen LogP contribution in [0.2, 0.25) is 0 Å². The van der Waals surface area contributed by atoms with Crippen molar-refractivity contribution in [1.29, 1.82) is 0 Å². The topological polar surface area (TPSA) is 42.4 Å². The molecule has 0 N–H and O–H groups in total. The van der Waals surface area contributed by atoms with E-state index in [1.807, 2.05) is 52.7 Å². The molecule has 1 atom stereocenters. The van der Waals surface area contributed by atoms with Gasteiger partial charge in [-0.15, -0.1) is 11.3 Å². The Morgan fingerprint density at radius 1 is 1.14 bits per heavy atom. The summed E-state index contributed by atoms with van der Waals surface area (Å²) in [6.45, 7) is 2.75. The van der Waals surface area contributed by atoms with Crippen LogP contribution in [0, 0.1) is 5.92 Å². The highest BCUT2D eigenvalue weighted by Gasteiger charge is 2.35. The summed E-state index contributed by atoms with van der Waals surface area (Å²) >= 11 is 1.56. The zero-order chi connectivity index (χ0) is 20.2. The number of carbonyl (C=O) groups excluding carboxylic acids is 1. The number of benzene rings is 2. The Morgan fingerprint density at radius 2 is 1.86 bits per heavy atom. The molecular weight excluding hydrogens is 380 g/mol. The number of hydrogen-bond acceptors (Lipinski definition) is 4. The van der Waals surface area contributed by atoms with Gasteiger partial charge in [-0.1, -0.05) is 42.5 Å². The summed E-state index contributed by atoms with van der Waals surface area (Å²) in [4.78, 5) is 20.0. The van der Waals surface area contributed by atoms with Crippen molar-refractivity contribution in [1.82, 2.24) is 9.88 Å². The van der Waals surface area contributed by atoms with Crippen LogP contribution in [0.5, 0.6) is 5.75 Å². The summed E-state index contributed by atoms with van der Waals surface area (Å²) in [6.07, 6.45) is 3.16. The molecule has 3 aromatic rings. The molecule has 150 valence electrons. The normalized spacial score (nSPS) is 14.4. The number of carbonyl (C=O) groups is 1. The fourth-order valence-corrected chi connectivity index (χ4v) is 4.37. The first kappa shape index (κ1) is 19.6. The van der Waals surface area contributed by atoms with Crippen molar-refractivity contribution in [2.24, 2.45) is 5.92 Å². The summed E-state index contributed by atoms with van der Waals surface area (Å²) in [5.74, 6) is 1.45. The SMILES string of the molecule is COc1ccc(CN(C(=O)c2csc(Cc3ccccc3)n2)C(C)C2CC2)cc1. The second-order valence-corrected chi connectivity index (χ2v) is 8.59. The van der Waals surface area contributed by atoms with E-state index in [0.29, 0.717) is 18.2 Å². The van der Waals surface area contributed by atoms with Crippen molar-refractivity contribution in [2.75, 3.05) is 7.11 Å². The van der Waals surface area contributed by atoms with Gasteiger partial charge in [-0.25, -0.2) is 4.98 Å². The van der Waals surface area contributed by atoms with Gasteiger partial charge in [0.1, 0.15) is 11.4 Å². The summed E-state index contributed by atoms with van der Waals surface area (Å²) in [6, 6.07) is 18.4. The molecule has 1 aromatic heterocycles. The van der Waals surface area contributed by atoms with Crippen molar-refractivity contribution >= 4 is 17.2 Å². The molecule has 1 unspecified atom stereocenters. The molecule has 4 nitrogen and oxygen atoms in total. The van der Waals surface area contributed by atoms with E-state index in [4.69, 9.17) is 4.74 Å².